The number of hydrogen-bond donors (Lipinski definition) is 1. The minimum Gasteiger partial charge on any atom is -0.457 e. The van der Waals surface area contributed by atoms with Crippen LogP contribution in [0.15, 0.2) is 42.7 Å². The molecule has 1 heterocycles. The number of pyridine rings is 1. The van der Waals surface area contributed by atoms with Gasteiger partial charge in [0.2, 0.25) is 0 Å². The highest BCUT2D eigenvalue weighted by molar-refractivity contribution is 5.36. The smallest absolute Gasteiger partial charge is 0.134 e. The molecular weight excluding hydrogens is 236 g/mol. The Morgan fingerprint density at radius 1 is 1.11 bits per heavy atom. The van der Waals surface area contributed by atoms with Crippen LogP contribution < -0.4 is 10.1 Å². The van der Waals surface area contributed by atoms with E-state index in [1.54, 1.807) is 6.20 Å². The Labute approximate surface area is 114 Å². The number of aromatic nitrogens is 1. The molecule has 0 aliphatic heterocycles. The molecule has 0 bridgehead atoms. The van der Waals surface area contributed by atoms with Gasteiger partial charge in [0.25, 0.3) is 0 Å². The van der Waals surface area contributed by atoms with Gasteiger partial charge < -0.3 is 10.1 Å². The predicted octanol–water partition coefficient (Wildman–Crippen LogP) is 3.55. The van der Waals surface area contributed by atoms with Crippen molar-refractivity contribution >= 4 is 0 Å². The lowest BCUT2D eigenvalue weighted by atomic mass is 10.2. The van der Waals surface area contributed by atoms with E-state index in [4.69, 9.17) is 4.74 Å². The molecule has 2 aromatic rings. The van der Waals surface area contributed by atoms with Crippen molar-refractivity contribution in [2.45, 2.75) is 26.8 Å². The summed E-state index contributed by atoms with van der Waals surface area (Å²) in [4.78, 5) is 4.15. The van der Waals surface area contributed by atoms with E-state index in [0.29, 0.717) is 0 Å². The summed E-state index contributed by atoms with van der Waals surface area (Å²) in [5, 5.41) is 3.29. The second-order valence-electron chi connectivity index (χ2n) is 4.36. The maximum Gasteiger partial charge on any atom is 0.134 e. The molecule has 19 heavy (non-hydrogen) atoms. The molecule has 1 aromatic carbocycles. The van der Waals surface area contributed by atoms with E-state index < -0.39 is 0 Å². The zero-order chi connectivity index (χ0) is 13.5. The number of hydrogen-bond acceptors (Lipinski definition) is 3. The normalized spacial score (nSPS) is 10.4. The van der Waals surface area contributed by atoms with Gasteiger partial charge in [0.05, 0.1) is 0 Å². The zero-order valence-corrected chi connectivity index (χ0v) is 11.5. The van der Waals surface area contributed by atoms with Gasteiger partial charge >= 0.3 is 0 Å². The first-order valence-electron chi connectivity index (χ1n) is 6.74. The molecule has 0 aliphatic rings. The molecule has 3 heteroatoms. The van der Waals surface area contributed by atoms with Crippen LogP contribution in [0.4, 0.5) is 0 Å². The van der Waals surface area contributed by atoms with Crippen LogP contribution >= 0.6 is 0 Å². The first-order chi connectivity index (χ1) is 9.33. The molecule has 3 nitrogen and oxygen atoms in total. The third kappa shape index (κ3) is 3.80. The molecule has 0 fully saturated rings. The van der Waals surface area contributed by atoms with Crippen LogP contribution in [0.1, 0.15) is 25.0 Å². The molecule has 0 radical (unpaired) electrons. The van der Waals surface area contributed by atoms with Gasteiger partial charge in [-0.2, -0.15) is 0 Å². The SMILES string of the molecule is CCNCc1cnccc1Oc1ccc(CC)cc1. The minimum absolute atomic E-state index is 0.771. The minimum atomic E-state index is 0.771. The van der Waals surface area contributed by atoms with Crippen molar-refractivity contribution in [1.29, 1.82) is 0 Å². The number of benzene rings is 1. The van der Waals surface area contributed by atoms with Crippen LogP contribution in [-0.2, 0) is 13.0 Å². The summed E-state index contributed by atoms with van der Waals surface area (Å²) in [5.41, 5.74) is 2.39. The van der Waals surface area contributed by atoms with Crippen molar-refractivity contribution in [2.24, 2.45) is 0 Å². The van der Waals surface area contributed by atoms with Gasteiger partial charge in [0, 0.05) is 24.5 Å². The maximum atomic E-state index is 5.93. The fourth-order valence-corrected chi connectivity index (χ4v) is 1.83. The highest BCUT2D eigenvalue weighted by atomic mass is 16.5. The van der Waals surface area contributed by atoms with Gasteiger partial charge in [-0.05, 0) is 36.7 Å². The summed E-state index contributed by atoms with van der Waals surface area (Å²) in [7, 11) is 0. The molecule has 0 atom stereocenters. The highest BCUT2D eigenvalue weighted by Crippen LogP contribution is 2.24. The van der Waals surface area contributed by atoms with Gasteiger partial charge in [0.1, 0.15) is 11.5 Å². The Morgan fingerprint density at radius 2 is 1.89 bits per heavy atom. The molecule has 0 saturated heterocycles. The number of nitrogens with zero attached hydrogens (tertiary/aromatic N) is 1. The van der Waals surface area contributed by atoms with E-state index in [1.807, 2.05) is 24.4 Å². The lowest BCUT2D eigenvalue weighted by Gasteiger charge is -2.11. The van der Waals surface area contributed by atoms with Gasteiger partial charge in [-0.1, -0.05) is 26.0 Å². The number of nitrogens with one attached hydrogen (secondary N) is 1. The quantitative estimate of drug-likeness (QED) is 0.858. The van der Waals surface area contributed by atoms with E-state index in [-0.39, 0.29) is 0 Å². The zero-order valence-electron chi connectivity index (χ0n) is 11.5. The topological polar surface area (TPSA) is 34.2 Å². The Bertz CT molecular complexity index is 508. The van der Waals surface area contributed by atoms with Crippen molar-refractivity contribution in [3.05, 3.63) is 53.9 Å². The standard InChI is InChI=1S/C16H20N2O/c1-3-13-5-7-15(8-6-13)19-16-9-10-18-12-14(16)11-17-4-2/h5-10,12,17H,3-4,11H2,1-2H3. The third-order valence-corrected chi connectivity index (χ3v) is 2.98. The van der Waals surface area contributed by atoms with E-state index in [0.717, 1.165) is 36.6 Å². The van der Waals surface area contributed by atoms with Crippen LogP contribution in [-0.4, -0.2) is 11.5 Å². The van der Waals surface area contributed by atoms with Crippen LogP contribution in [0, 0.1) is 0 Å². The fourth-order valence-electron chi connectivity index (χ4n) is 1.83. The molecule has 1 N–H and O–H groups in total. The summed E-state index contributed by atoms with van der Waals surface area (Å²) >= 11 is 0. The summed E-state index contributed by atoms with van der Waals surface area (Å²) in [6.45, 7) is 5.93. The summed E-state index contributed by atoms with van der Waals surface area (Å²) in [6, 6.07) is 10.1. The van der Waals surface area contributed by atoms with Crippen molar-refractivity contribution in [3.8, 4) is 11.5 Å². The third-order valence-electron chi connectivity index (χ3n) is 2.98. The fraction of sp³-hybridized carbons (Fsp3) is 0.312. The highest BCUT2D eigenvalue weighted by Gasteiger charge is 2.04. The van der Waals surface area contributed by atoms with Crippen molar-refractivity contribution in [3.63, 3.8) is 0 Å². The Kier molecular flexibility index (Phi) is 4.93. The molecule has 2 rings (SSSR count). The lowest BCUT2D eigenvalue weighted by molar-refractivity contribution is 0.472. The van der Waals surface area contributed by atoms with Crippen LogP contribution in [0.25, 0.3) is 0 Å². The lowest BCUT2D eigenvalue weighted by Crippen LogP contribution is -2.12. The van der Waals surface area contributed by atoms with Crippen LogP contribution in [0.3, 0.4) is 0 Å². The van der Waals surface area contributed by atoms with Crippen molar-refractivity contribution in [1.82, 2.24) is 10.3 Å². The Hall–Kier alpha value is -1.87. The average molecular weight is 256 g/mol. The summed E-state index contributed by atoms with van der Waals surface area (Å²) in [6.07, 6.45) is 4.64. The summed E-state index contributed by atoms with van der Waals surface area (Å²) < 4.78 is 5.93. The van der Waals surface area contributed by atoms with Crippen molar-refractivity contribution < 1.29 is 4.74 Å². The molecule has 0 unspecified atom stereocenters. The van der Waals surface area contributed by atoms with Gasteiger partial charge in [0.15, 0.2) is 0 Å². The molecule has 1 aromatic heterocycles. The summed E-state index contributed by atoms with van der Waals surface area (Å²) in [5.74, 6) is 1.72. The maximum absolute atomic E-state index is 5.93. The first-order valence-corrected chi connectivity index (χ1v) is 6.74. The van der Waals surface area contributed by atoms with E-state index in [1.165, 1.54) is 5.56 Å². The van der Waals surface area contributed by atoms with E-state index >= 15 is 0 Å². The first kappa shape index (κ1) is 13.6. The second kappa shape index (κ2) is 6.90. The molecule has 100 valence electrons. The molecular formula is C16H20N2O. The van der Waals surface area contributed by atoms with Crippen LogP contribution in [0.5, 0.6) is 11.5 Å². The number of ether oxygens (including phenoxy) is 1. The van der Waals surface area contributed by atoms with Crippen LogP contribution in [0.2, 0.25) is 0 Å². The van der Waals surface area contributed by atoms with Gasteiger partial charge in [-0.25, -0.2) is 0 Å². The van der Waals surface area contributed by atoms with E-state index in [9.17, 15) is 0 Å². The van der Waals surface area contributed by atoms with E-state index in [2.05, 4.69) is 36.3 Å². The molecule has 0 aliphatic carbocycles. The van der Waals surface area contributed by atoms with Gasteiger partial charge in [-0.15, -0.1) is 0 Å². The van der Waals surface area contributed by atoms with Crippen molar-refractivity contribution in [2.75, 3.05) is 6.54 Å². The number of rotatable bonds is 6. The Morgan fingerprint density at radius 3 is 2.58 bits per heavy atom. The average Bonchev–Trinajstić information content (AvgIpc) is 2.47. The van der Waals surface area contributed by atoms with Gasteiger partial charge in [-0.3, -0.25) is 4.98 Å². The molecule has 0 saturated carbocycles. The largest absolute Gasteiger partial charge is 0.457 e. The number of aryl methyl sites for hydroxylation is 1. The molecule has 0 spiro atoms. The predicted molar refractivity (Wildman–Crippen MR) is 77.5 cm³/mol. The monoisotopic (exact) mass is 256 g/mol. The Balaban J connectivity index is 2.12. The second-order valence-corrected chi connectivity index (χ2v) is 4.36. The molecule has 0 amide bonds.